The second-order valence-electron chi connectivity index (χ2n) is 4.72. The molecule has 0 spiro atoms. The molecule has 1 aliphatic rings. The van der Waals surface area contributed by atoms with E-state index < -0.39 is 11.6 Å². The van der Waals surface area contributed by atoms with E-state index in [2.05, 4.69) is 0 Å². The molecule has 0 aliphatic heterocycles. The summed E-state index contributed by atoms with van der Waals surface area (Å²) in [7, 11) is 0. The lowest BCUT2D eigenvalue weighted by atomic mass is 9.94. The molecule has 0 N–H and O–H groups in total. The van der Waals surface area contributed by atoms with Gasteiger partial charge in [0.25, 0.3) is 0 Å². The number of aryl methyl sites for hydroxylation is 2. The Bertz CT molecular complexity index is 425. The summed E-state index contributed by atoms with van der Waals surface area (Å²) < 4.78 is 13.1. The van der Waals surface area contributed by atoms with Gasteiger partial charge in [-0.3, -0.25) is 4.79 Å². The first-order chi connectivity index (χ1) is 6.95. The minimum atomic E-state index is -0.952. The van der Waals surface area contributed by atoms with E-state index in [1.54, 1.807) is 13.0 Å². The second-order valence-corrected chi connectivity index (χ2v) is 4.72. The van der Waals surface area contributed by atoms with E-state index in [0.29, 0.717) is 12.0 Å². The molecule has 15 heavy (non-hydrogen) atoms. The standard InChI is InChI=1S/C13H15FO/c1-8-4-5-10(6-9(8)2)12(15)13(3)7-11(13)14/h4-6,11H,7H2,1-3H3. The van der Waals surface area contributed by atoms with Crippen molar-refractivity contribution < 1.29 is 9.18 Å². The van der Waals surface area contributed by atoms with Gasteiger partial charge in [0.15, 0.2) is 5.78 Å². The van der Waals surface area contributed by atoms with Crippen LogP contribution in [0.3, 0.4) is 0 Å². The number of alkyl halides is 1. The molecule has 0 radical (unpaired) electrons. The normalized spacial score (nSPS) is 28.9. The van der Waals surface area contributed by atoms with Crippen LogP contribution < -0.4 is 0 Å². The Balaban J connectivity index is 2.31. The summed E-state index contributed by atoms with van der Waals surface area (Å²) >= 11 is 0. The SMILES string of the molecule is Cc1ccc(C(=O)C2(C)CC2F)cc1C. The molecule has 1 nitrogen and oxygen atoms in total. The van der Waals surface area contributed by atoms with Gasteiger partial charge in [0.05, 0.1) is 5.41 Å². The largest absolute Gasteiger partial charge is 0.293 e. The molecule has 2 atom stereocenters. The Hall–Kier alpha value is -1.18. The van der Waals surface area contributed by atoms with E-state index in [0.717, 1.165) is 11.1 Å². The van der Waals surface area contributed by atoms with Gasteiger partial charge < -0.3 is 0 Å². The topological polar surface area (TPSA) is 17.1 Å². The van der Waals surface area contributed by atoms with E-state index in [1.807, 2.05) is 26.0 Å². The van der Waals surface area contributed by atoms with Crippen molar-refractivity contribution >= 4 is 5.78 Å². The Morgan fingerprint density at radius 3 is 2.47 bits per heavy atom. The van der Waals surface area contributed by atoms with E-state index in [9.17, 15) is 9.18 Å². The maximum absolute atomic E-state index is 13.1. The molecule has 1 aromatic carbocycles. The highest BCUT2D eigenvalue weighted by Gasteiger charge is 2.56. The maximum atomic E-state index is 13.1. The Labute approximate surface area is 89.3 Å². The van der Waals surface area contributed by atoms with Gasteiger partial charge in [-0.2, -0.15) is 0 Å². The van der Waals surface area contributed by atoms with Crippen molar-refractivity contribution in [3.05, 3.63) is 34.9 Å². The Morgan fingerprint density at radius 1 is 1.40 bits per heavy atom. The number of carbonyl (C=O) groups excluding carboxylic acids is 1. The molecule has 0 saturated heterocycles. The zero-order chi connectivity index (χ0) is 11.2. The Kier molecular flexibility index (Phi) is 2.18. The van der Waals surface area contributed by atoms with Crippen LogP contribution >= 0.6 is 0 Å². The molecule has 2 unspecified atom stereocenters. The fourth-order valence-electron chi connectivity index (χ4n) is 1.76. The molecule has 0 amide bonds. The fraction of sp³-hybridized carbons (Fsp3) is 0.462. The predicted octanol–water partition coefficient (Wildman–Crippen LogP) is 3.23. The molecule has 0 bridgehead atoms. The van der Waals surface area contributed by atoms with E-state index in [-0.39, 0.29) is 5.78 Å². The average Bonchev–Trinajstić information content (AvgIpc) is 2.80. The number of halogens is 1. The van der Waals surface area contributed by atoms with Crippen LogP contribution in [0.2, 0.25) is 0 Å². The minimum absolute atomic E-state index is 0.0573. The monoisotopic (exact) mass is 206 g/mol. The van der Waals surface area contributed by atoms with Gasteiger partial charge in [0.2, 0.25) is 0 Å². The number of rotatable bonds is 2. The van der Waals surface area contributed by atoms with Crippen molar-refractivity contribution in [2.75, 3.05) is 0 Å². The summed E-state index contributed by atoms with van der Waals surface area (Å²) in [4.78, 5) is 12.0. The van der Waals surface area contributed by atoms with Crippen molar-refractivity contribution in [3.8, 4) is 0 Å². The molecule has 1 saturated carbocycles. The zero-order valence-electron chi connectivity index (χ0n) is 9.30. The third kappa shape index (κ3) is 1.58. The molecule has 1 aromatic rings. The lowest BCUT2D eigenvalue weighted by Crippen LogP contribution is -2.15. The minimum Gasteiger partial charge on any atom is -0.293 e. The molecular weight excluding hydrogens is 191 g/mol. The average molecular weight is 206 g/mol. The van der Waals surface area contributed by atoms with Crippen LogP contribution in [-0.2, 0) is 0 Å². The molecular formula is C13H15FO. The van der Waals surface area contributed by atoms with E-state index in [1.165, 1.54) is 0 Å². The third-order valence-corrected chi connectivity index (χ3v) is 3.42. The number of Topliss-reactive ketones (excluding diaryl/α,β-unsaturated/α-hetero) is 1. The lowest BCUT2D eigenvalue weighted by molar-refractivity contribution is 0.0893. The van der Waals surface area contributed by atoms with Crippen molar-refractivity contribution in [1.29, 1.82) is 0 Å². The summed E-state index contributed by atoms with van der Waals surface area (Å²) in [5.41, 5.74) is 2.13. The van der Waals surface area contributed by atoms with Crippen LogP contribution in [-0.4, -0.2) is 12.0 Å². The first-order valence-electron chi connectivity index (χ1n) is 5.21. The van der Waals surface area contributed by atoms with Gasteiger partial charge in [0, 0.05) is 5.56 Å². The highest BCUT2D eigenvalue weighted by Crippen LogP contribution is 2.50. The van der Waals surface area contributed by atoms with Gasteiger partial charge >= 0.3 is 0 Å². The Morgan fingerprint density at radius 2 is 2.00 bits per heavy atom. The van der Waals surface area contributed by atoms with Crippen LogP contribution in [0.15, 0.2) is 18.2 Å². The second kappa shape index (κ2) is 3.16. The first-order valence-corrected chi connectivity index (χ1v) is 5.21. The highest BCUT2D eigenvalue weighted by molar-refractivity contribution is 6.02. The molecule has 1 fully saturated rings. The van der Waals surface area contributed by atoms with Crippen molar-refractivity contribution in [3.63, 3.8) is 0 Å². The van der Waals surface area contributed by atoms with Crippen molar-refractivity contribution in [2.24, 2.45) is 5.41 Å². The zero-order valence-corrected chi connectivity index (χ0v) is 9.30. The summed E-state index contributed by atoms with van der Waals surface area (Å²) in [6.07, 6.45) is -0.578. The van der Waals surface area contributed by atoms with E-state index in [4.69, 9.17) is 0 Å². The lowest BCUT2D eigenvalue weighted by Gasteiger charge is -2.09. The molecule has 2 rings (SSSR count). The molecule has 1 aliphatic carbocycles. The highest BCUT2D eigenvalue weighted by atomic mass is 19.1. The smallest absolute Gasteiger partial charge is 0.171 e. The van der Waals surface area contributed by atoms with Gasteiger partial charge in [-0.25, -0.2) is 4.39 Å². The van der Waals surface area contributed by atoms with Gasteiger partial charge in [-0.05, 0) is 44.4 Å². The van der Waals surface area contributed by atoms with Gasteiger partial charge in [0.1, 0.15) is 6.17 Å². The molecule has 2 heteroatoms. The van der Waals surface area contributed by atoms with Crippen LogP contribution in [0.5, 0.6) is 0 Å². The van der Waals surface area contributed by atoms with Crippen LogP contribution in [0.1, 0.15) is 34.8 Å². The fourth-order valence-corrected chi connectivity index (χ4v) is 1.76. The molecule has 0 aromatic heterocycles. The predicted molar refractivity (Wildman–Crippen MR) is 57.9 cm³/mol. The van der Waals surface area contributed by atoms with Crippen molar-refractivity contribution in [2.45, 2.75) is 33.4 Å². The number of hydrogen-bond acceptors (Lipinski definition) is 1. The first kappa shape index (κ1) is 10.3. The van der Waals surface area contributed by atoms with Crippen LogP contribution in [0.25, 0.3) is 0 Å². The summed E-state index contributed by atoms with van der Waals surface area (Å²) in [5, 5.41) is 0. The summed E-state index contributed by atoms with van der Waals surface area (Å²) in [6, 6.07) is 5.57. The summed E-state index contributed by atoms with van der Waals surface area (Å²) in [5.74, 6) is -0.0573. The third-order valence-electron chi connectivity index (χ3n) is 3.42. The maximum Gasteiger partial charge on any atom is 0.171 e. The van der Waals surface area contributed by atoms with Gasteiger partial charge in [-0.1, -0.05) is 12.1 Å². The van der Waals surface area contributed by atoms with Crippen molar-refractivity contribution in [1.82, 2.24) is 0 Å². The molecule has 80 valence electrons. The van der Waals surface area contributed by atoms with E-state index >= 15 is 0 Å². The molecule has 0 heterocycles. The quantitative estimate of drug-likeness (QED) is 0.679. The number of ketones is 1. The van der Waals surface area contributed by atoms with Gasteiger partial charge in [-0.15, -0.1) is 0 Å². The number of carbonyl (C=O) groups is 1. The van der Waals surface area contributed by atoms with Crippen LogP contribution in [0.4, 0.5) is 4.39 Å². The number of hydrogen-bond donors (Lipinski definition) is 0. The van der Waals surface area contributed by atoms with Crippen LogP contribution in [0, 0.1) is 19.3 Å². The number of benzene rings is 1. The summed E-state index contributed by atoms with van der Waals surface area (Å²) in [6.45, 7) is 5.67.